The van der Waals surface area contributed by atoms with Gasteiger partial charge in [0, 0.05) is 0 Å². The Bertz CT molecular complexity index is 661. The molecule has 2 N–H and O–H groups in total. The van der Waals surface area contributed by atoms with E-state index in [1.54, 1.807) is 0 Å². The Morgan fingerprint density at radius 3 is 2.67 bits per heavy atom. The fourth-order valence-corrected chi connectivity index (χ4v) is 6.81. The van der Waals surface area contributed by atoms with Crippen LogP contribution in [-0.4, -0.2) is 22.6 Å². The van der Waals surface area contributed by atoms with Crippen LogP contribution < -0.4 is 0 Å². The number of rotatable bonds is 8. The van der Waals surface area contributed by atoms with E-state index in [9.17, 15) is 10.4 Å². The van der Waals surface area contributed by atoms with Crippen LogP contribution in [0.4, 0.5) is 0 Å². The van der Waals surface area contributed by atoms with Crippen molar-refractivity contribution in [2.45, 2.75) is 104 Å². The molecule has 3 aliphatic rings. The molecule has 0 aromatic heterocycles. The first-order chi connectivity index (χ1) is 14.3. The zero-order valence-corrected chi connectivity index (χ0v) is 19.7. The van der Waals surface area contributed by atoms with Crippen LogP contribution in [0.2, 0.25) is 0 Å². The lowest BCUT2D eigenvalue weighted by Crippen LogP contribution is -2.36. The largest absolute Gasteiger partial charge is 0.389 e. The summed E-state index contributed by atoms with van der Waals surface area (Å²) in [5.41, 5.74) is 3.64. The second-order valence-electron chi connectivity index (χ2n) is 11.0. The van der Waals surface area contributed by atoms with E-state index >= 15 is 0 Å². The average molecular weight is 417 g/mol. The number of hydrogen-bond acceptors (Lipinski definition) is 3. The first-order valence-corrected chi connectivity index (χ1v) is 12.3. The molecule has 3 aliphatic carbocycles. The SMILES string of the molecule is C=C1CC[C@H](O)C=C1[C@H](/C=C1\CCC[C@]2(C)[C@@H]([C@H](C)CCCC(C)C)CC[C@@H]12)OO. The highest BCUT2D eigenvalue weighted by Crippen LogP contribution is 2.60. The van der Waals surface area contributed by atoms with Gasteiger partial charge in [0.05, 0.1) is 6.10 Å². The summed E-state index contributed by atoms with van der Waals surface area (Å²) in [6.45, 7) is 13.8. The molecule has 0 bridgehead atoms. The molecule has 3 heteroatoms. The maximum Gasteiger partial charge on any atom is 0.136 e. The zero-order chi connectivity index (χ0) is 21.9. The van der Waals surface area contributed by atoms with Crippen LogP contribution in [0.1, 0.15) is 91.9 Å². The van der Waals surface area contributed by atoms with Crippen molar-refractivity contribution in [2.24, 2.45) is 29.1 Å². The molecular formula is C27H44O3. The second-order valence-corrected chi connectivity index (χ2v) is 11.0. The van der Waals surface area contributed by atoms with Crippen LogP contribution in [0, 0.1) is 29.1 Å². The lowest BCUT2D eigenvalue weighted by molar-refractivity contribution is -0.256. The average Bonchev–Trinajstić information content (AvgIpc) is 3.05. The van der Waals surface area contributed by atoms with Crippen molar-refractivity contribution in [3.8, 4) is 0 Å². The van der Waals surface area contributed by atoms with Gasteiger partial charge in [0.1, 0.15) is 6.10 Å². The van der Waals surface area contributed by atoms with Crippen molar-refractivity contribution in [2.75, 3.05) is 0 Å². The molecular weight excluding hydrogens is 372 g/mol. The van der Waals surface area contributed by atoms with Gasteiger partial charge in [-0.1, -0.05) is 59.1 Å². The molecule has 2 fully saturated rings. The fourth-order valence-electron chi connectivity index (χ4n) is 6.81. The summed E-state index contributed by atoms with van der Waals surface area (Å²) in [5, 5.41) is 19.8. The monoisotopic (exact) mass is 416 g/mol. The Kier molecular flexibility index (Phi) is 8.03. The van der Waals surface area contributed by atoms with E-state index in [1.807, 2.05) is 6.08 Å². The molecule has 0 saturated heterocycles. The van der Waals surface area contributed by atoms with Gasteiger partial charge < -0.3 is 5.11 Å². The summed E-state index contributed by atoms with van der Waals surface area (Å²) in [6, 6.07) is 0. The van der Waals surface area contributed by atoms with Gasteiger partial charge in [-0.05, 0) is 97.3 Å². The minimum absolute atomic E-state index is 0.360. The maximum absolute atomic E-state index is 10.1. The van der Waals surface area contributed by atoms with E-state index in [2.05, 4.69) is 40.3 Å². The predicted octanol–water partition coefficient (Wildman–Crippen LogP) is 7.09. The van der Waals surface area contributed by atoms with Crippen molar-refractivity contribution >= 4 is 0 Å². The lowest BCUT2D eigenvalue weighted by Gasteiger charge is -2.44. The summed E-state index contributed by atoms with van der Waals surface area (Å²) in [5.74, 6) is 2.95. The first kappa shape index (κ1) is 23.8. The normalized spacial score (nSPS) is 35.4. The Morgan fingerprint density at radius 1 is 1.20 bits per heavy atom. The van der Waals surface area contributed by atoms with E-state index in [-0.39, 0.29) is 0 Å². The molecule has 3 nitrogen and oxygen atoms in total. The van der Waals surface area contributed by atoms with Crippen LogP contribution >= 0.6 is 0 Å². The Balaban J connectivity index is 1.76. The standard InChI is InChI=1S/C27H44O3/c1-18(2)8-6-9-20(4)24-13-14-25-21(10-7-15-27(24,25)5)16-26(30-29)23-17-22(28)12-11-19(23)3/h16-18,20,22,24-26,28-29H,3,6-15H2,1-2,4-5H3/b21-16+/t20-,22+,24-,25+,26+,27-/m1/s1. The van der Waals surface area contributed by atoms with Crippen molar-refractivity contribution in [1.29, 1.82) is 0 Å². The molecule has 2 saturated carbocycles. The van der Waals surface area contributed by atoms with Gasteiger partial charge >= 0.3 is 0 Å². The van der Waals surface area contributed by atoms with Crippen LogP contribution in [0.25, 0.3) is 0 Å². The minimum Gasteiger partial charge on any atom is -0.389 e. The summed E-state index contributed by atoms with van der Waals surface area (Å²) in [7, 11) is 0. The third-order valence-corrected chi connectivity index (χ3v) is 8.47. The zero-order valence-electron chi connectivity index (χ0n) is 19.7. The van der Waals surface area contributed by atoms with Crippen molar-refractivity contribution < 1.29 is 15.3 Å². The number of aliphatic hydroxyl groups is 1. The van der Waals surface area contributed by atoms with E-state index in [1.165, 1.54) is 50.5 Å². The highest BCUT2D eigenvalue weighted by molar-refractivity contribution is 5.39. The van der Waals surface area contributed by atoms with Crippen molar-refractivity contribution in [1.82, 2.24) is 0 Å². The molecule has 170 valence electrons. The molecule has 0 heterocycles. The molecule has 0 amide bonds. The van der Waals surface area contributed by atoms with Gasteiger partial charge in [0.15, 0.2) is 0 Å². The fraction of sp³-hybridized carbons (Fsp3) is 0.778. The molecule has 0 aromatic rings. The molecule has 0 unspecified atom stereocenters. The van der Waals surface area contributed by atoms with Gasteiger partial charge in [-0.3, -0.25) is 5.26 Å². The molecule has 0 aliphatic heterocycles. The second kappa shape index (κ2) is 10.1. The van der Waals surface area contributed by atoms with Gasteiger partial charge in [0.25, 0.3) is 0 Å². The highest BCUT2D eigenvalue weighted by Gasteiger charge is 2.50. The van der Waals surface area contributed by atoms with Gasteiger partial charge in [0.2, 0.25) is 0 Å². The molecule has 3 rings (SSSR count). The molecule has 0 aromatic carbocycles. The summed E-state index contributed by atoms with van der Waals surface area (Å²) in [6.07, 6.45) is 14.7. The lowest BCUT2D eigenvalue weighted by atomic mass is 9.60. The Labute approximate surface area is 184 Å². The summed E-state index contributed by atoms with van der Waals surface area (Å²) >= 11 is 0. The molecule has 6 atom stereocenters. The number of aliphatic hydroxyl groups excluding tert-OH is 1. The molecule has 0 spiro atoms. The Hall–Kier alpha value is -0.900. The number of allylic oxidation sites excluding steroid dienone is 1. The maximum atomic E-state index is 10.1. The van der Waals surface area contributed by atoms with E-state index in [4.69, 9.17) is 4.89 Å². The van der Waals surface area contributed by atoms with E-state index in [0.29, 0.717) is 17.8 Å². The summed E-state index contributed by atoms with van der Waals surface area (Å²) in [4.78, 5) is 4.93. The molecule has 30 heavy (non-hydrogen) atoms. The van der Waals surface area contributed by atoms with Crippen LogP contribution in [0.5, 0.6) is 0 Å². The number of fused-ring (bicyclic) bond motifs is 1. The van der Waals surface area contributed by atoms with Crippen molar-refractivity contribution in [3.05, 3.63) is 35.5 Å². The predicted molar refractivity (Wildman–Crippen MR) is 124 cm³/mol. The van der Waals surface area contributed by atoms with E-state index in [0.717, 1.165) is 41.7 Å². The topological polar surface area (TPSA) is 49.7 Å². The summed E-state index contributed by atoms with van der Waals surface area (Å²) < 4.78 is 0. The van der Waals surface area contributed by atoms with Crippen molar-refractivity contribution in [3.63, 3.8) is 0 Å². The third-order valence-electron chi connectivity index (χ3n) is 8.47. The van der Waals surface area contributed by atoms with Gasteiger partial charge in [-0.2, -0.15) is 0 Å². The van der Waals surface area contributed by atoms with E-state index < -0.39 is 12.2 Å². The molecule has 0 radical (unpaired) electrons. The third kappa shape index (κ3) is 5.11. The van der Waals surface area contributed by atoms with Crippen LogP contribution in [0.3, 0.4) is 0 Å². The first-order valence-electron chi connectivity index (χ1n) is 12.3. The highest BCUT2D eigenvalue weighted by atomic mass is 17.1. The van der Waals surface area contributed by atoms with Crippen LogP contribution in [0.15, 0.2) is 35.5 Å². The Morgan fingerprint density at radius 2 is 1.97 bits per heavy atom. The quantitative estimate of drug-likeness (QED) is 0.252. The smallest absolute Gasteiger partial charge is 0.136 e. The minimum atomic E-state index is -0.507. The number of hydrogen-bond donors (Lipinski definition) is 2. The van der Waals surface area contributed by atoms with Gasteiger partial charge in [-0.15, -0.1) is 0 Å². The van der Waals surface area contributed by atoms with Crippen LogP contribution in [-0.2, 0) is 4.89 Å². The van der Waals surface area contributed by atoms with Gasteiger partial charge in [-0.25, -0.2) is 4.89 Å².